The number of urea groups is 1. The Kier molecular flexibility index (Phi) is 7.93. The lowest BCUT2D eigenvalue weighted by atomic mass is 10.1. The van der Waals surface area contributed by atoms with Crippen LogP contribution in [0, 0.1) is 11.3 Å². The van der Waals surface area contributed by atoms with Crippen LogP contribution >= 0.6 is 11.8 Å². The van der Waals surface area contributed by atoms with Gasteiger partial charge in [-0.05, 0) is 31.4 Å². The number of amides is 2. The minimum Gasteiger partial charge on any atom is -0.378 e. The third kappa shape index (κ3) is 5.73. The van der Waals surface area contributed by atoms with Crippen molar-refractivity contribution in [2.75, 3.05) is 32.0 Å². The summed E-state index contributed by atoms with van der Waals surface area (Å²) in [7, 11) is 0. The van der Waals surface area contributed by atoms with Crippen molar-refractivity contribution in [3.63, 3.8) is 0 Å². The van der Waals surface area contributed by atoms with E-state index in [2.05, 4.69) is 11.4 Å². The van der Waals surface area contributed by atoms with Crippen molar-refractivity contribution in [3.8, 4) is 6.07 Å². The fourth-order valence-corrected chi connectivity index (χ4v) is 3.60. The highest BCUT2D eigenvalue weighted by molar-refractivity contribution is 7.98. The Hall–Kier alpha value is -1.71. The molecule has 5 nitrogen and oxygen atoms in total. The number of rotatable bonds is 7. The molecule has 6 heteroatoms. The summed E-state index contributed by atoms with van der Waals surface area (Å²) in [6, 6.07) is 9.87. The SMILES string of the molecule is CCOC1CCN(C(=O)NCCSCc2ccccc2C#N)CC1. The molecule has 24 heavy (non-hydrogen) atoms. The summed E-state index contributed by atoms with van der Waals surface area (Å²) in [6.07, 6.45) is 2.14. The Bertz CT molecular complexity index is 566. The largest absolute Gasteiger partial charge is 0.378 e. The van der Waals surface area contributed by atoms with Crippen LogP contribution in [0.25, 0.3) is 0 Å². The molecule has 1 aliphatic rings. The lowest BCUT2D eigenvalue weighted by molar-refractivity contribution is 0.0221. The second-order valence-corrected chi connectivity index (χ2v) is 6.80. The van der Waals surface area contributed by atoms with Gasteiger partial charge in [0.05, 0.1) is 17.7 Å². The van der Waals surface area contributed by atoms with E-state index < -0.39 is 0 Å². The van der Waals surface area contributed by atoms with Crippen molar-refractivity contribution in [1.82, 2.24) is 10.2 Å². The van der Waals surface area contributed by atoms with Gasteiger partial charge in [0.15, 0.2) is 0 Å². The molecule has 1 aliphatic heterocycles. The first-order chi connectivity index (χ1) is 11.7. The normalized spacial score (nSPS) is 15.1. The Morgan fingerprint density at radius 3 is 2.88 bits per heavy atom. The van der Waals surface area contributed by atoms with E-state index in [1.807, 2.05) is 36.1 Å². The Morgan fingerprint density at radius 1 is 1.42 bits per heavy atom. The van der Waals surface area contributed by atoms with Crippen molar-refractivity contribution in [2.24, 2.45) is 0 Å². The summed E-state index contributed by atoms with van der Waals surface area (Å²) in [5, 5.41) is 12.0. The van der Waals surface area contributed by atoms with Crippen molar-refractivity contribution in [3.05, 3.63) is 35.4 Å². The fourth-order valence-electron chi connectivity index (χ4n) is 2.74. The van der Waals surface area contributed by atoms with Gasteiger partial charge in [-0.25, -0.2) is 4.79 Å². The Balaban J connectivity index is 1.61. The summed E-state index contributed by atoms with van der Waals surface area (Å²) in [5.74, 6) is 1.63. The fraction of sp³-hybridized carbons (Fsp3) is 0.556. The lowest BCUT2D eigenvalue weighted by Gasteiger charge is -2.31. The molecule has 0 saturated carbocycles. The maximum absolute atomic E-state index is 12.1. The van der Waals surface area contributed by atoms with E-state index in [4.69, 9.17) is 10.00 Å². The Morgan fingerprint density at radius 2 is 2.17 bits per heavy atom. The summed E-state index contributed by atoms with van der Waals surface area (Å²) >= 11 is 1.73. The van der Waals surface area contributed by atoms with Crippen LogP contribution in [-0.4, -0.2) is 49.0 Å². The van der Waals surface area contributed by atoms with Crippen LogP contribution in [0.1, 0.15) is 30.9 Å². The van der Waals surface area contributed by atoms with E-state index in [0.717, 1.165) is 55.2 Å². The van der Waals surface area contributed by atoms with E-state index in [0.29, 0.717) is 12.6 Å². The second kappa shape index (κ2) is 10.2. The van der Waals surface area contributed by atoms with Crippen LogP contribution in [0.3, 0.4) is 0 Å². The molecule has 0 aliphatic carbocycles. The molecule has 1 aromatic rings. The van der Waals surface area contributed by atoms with Crippen molar-refractivity contribution < 1.29 is 9.53 Å². The van der Waals surface area contributed by atoms with Gasteiger partial charge in [0, 0.05) is 37.7 Å². The molecule has 1 saturated heterocycles. The number of ether oxygens (including phenoxy) is 1. The standard InChI is InChI=1S/C18H25N3O2S/c1-2-23-17-7-10-21(11-8-17)18(22)20-9-12-24-14-16-6-4-3-5-15(16)13-19/h3-6,17H,2,7-12,14H2,1H3,(H,20,22). The van der Waals surface area contributed by atoms with Gasteiger partial charge in [-0.15, -0.1) is 0 Å². The van der Waals surface area contributed by atoms with Crippen molar-refractivity contribution in [2.45, 2.75) is 31.6 Å². The molecule has 130 valence electrons. The first kappa shape index (κ1) is 18.6. The maximum atomic E-state index is 12.1. The monoisotopic (exact) mass is 347 g/mol. The molecule has 2 amide bonds. The molecule has 1 aromatic carbocycles. The van der Waals surface area contributed by atoms with Gasteiger partial charge >= 0.3 is 6.03 Å². The van der Waals surface area contributed by atoms with E-state index in [1.165, 1.54) is 0 Å². The number of likely N-dealkylation sites (tertiary alicyclic amines) is 1. The predicted molar refractivity (Wildman–Crippen MR) is 96.9 cm³/mol. The maximum Gasteiger partial charge on any atom is 0.317 e. The zero-order chi connectivity index (χ0) is 17.2. The smallest absolute Gasteiger partial charge is 0.317 e. The molecular weight excluding hydrogens is 322 g/mol. The summed E-state index contributed by atoms with van der Waals surface area (Å²) < 4.78 is 5.60. The Labute approximate surface area is 148 Å². The zero-order valence-corrected chi connectivity index (χ0v) is 15.0. The third-order valence-electron chi connectivity index (χ3n) is 4.05. The van der Waals surface area contributed by atoms with E-state index in [1.54, 1.807) is 11.8 Å². The van der Waals surface area contributed by atoms with Crippen LogP contribution in [0.15, 0.2) is 24.3 Å². The number of hydrogen-bond donors (Lipinski definition) is 1. The second-order valence-electron chi connectivity index (χ2n) is 5.70. The number of nitrogens with one attached hydrogen (secondary N) is 1. The molecule has 0 atom stereocenters. The van der Waals surface area contributed by atoms with Crippen LogP contribution in [0.5, 0.6) is 0 Å². The topological polar surface area (TPSA) is 65.4 Å². The summed E-state index contributed by atoms with van der Waals surface area (Å²) in [4.78, 5) is 14.0. The quantitative estimate of drug-likeness (QED) is 0.770. The molecular formula is C18H25N3O2S. The van der Waals surface area contributed by atoms with Gasteiger partial charge < -0.3 is 15.0 Å². The average Bonchev–Trinajstić information content (AvgIpc) is 2.62. The number of piperidine rings is 1. The number of hydrogen-bond acceptors (Lipinski definition) is 4. The molecule has 1 heterocycles. The van der Waals surface area contributed by atoms with Gasteiger partial charge in [-0.2, -0.15) is 17.0 Å². The minimum atomic E-state index is 0.0166. The van der Waals surface area contributed by atoms with Crippen LogP contribution in [0.2, 0.25) is 0 Å². The molecule has 0 unspecified atom stereocenters. The van der Waals surface area contributed by atoms with Crippen molar-refractivity contribution in [1.29, 1.82) is 5.26 Å². The van der Waals surface area contributed by atoms with Gasteiger partial charge in [0.25, 0.3) is 0 Å². The highest BCUT2D eigenvalue weighted by atomic mass is 32.2. The molecule has 0 aromatic heterocycles. The van der Waals surface area contributed by atoms with E-state index in [9.17, 15) is 4.79 Å². The van der Waals surface area contributed by atoms with Crippen LogP contribution in [-0.2, 0) is 10.5 Å². The van der Waals surface area contributed by atoms with Crippen LogP contribution < -0.4 is 5.32 Å². The first-order valence-corrected chi connectivity index (χ1v) is 9.60. The molecule has 2 rings (SSSR count). The number of nitrogens with zero attached hydrogens (tertiary/aromatic N) is 2. The van der Waals surface area contributed by atoms with Crippen LogP contribution in [0.4, 0.5) is 4.79 Å². The van der Waals surface area contributed by atoms with E-state index >= 15 is 0 Å². The molecule has 0 radical (unpaired) electrons. The zero-order valence-electron chi connectivity index (χ0n) is 14.2. The van der Waals surface area contributed by atoms with Gasteiger partial charge in [-0.1, -0.05) is 18.2 Å². The average molecular weight is 347 g/mol. The molecule has 0 spiro atoms. The number of carbonyl (C=O) groups excluding carboxylic acids is 1. The minimum absolute atomic E-state index is 0.0166. The summed E-state index contributed by atoms with van der Waals surface area (Å²) in [6.45, 7) is 4.91. The third-order valence-corrected chi connectivity index (χ3v) is 5.06. The summed E-state index contributed by atoms with van der Waals surface area (Å²) in [5.41, 5.74) is 1.78. The molecule has 0 bridgehead atoms. The number of nitriles is 1. The van der Waals surface area contributed by atoms with E-state index in [-0.39, 0.29) is 6.03 Å². The highest BCUT2D eigenvalue weighted by Crippen LogP contribution is 2.16. The first-order valence-electron chi connectivity index (χ1n) is 8.44. The molecule has 1 N–H and O–H groups in total. The molecule has 1 fully saturated rings. The van der Waals surface area contributed by atoms with Crippen molar-refractivity contribution >= 4 is 17.8 Å². The number of carbonyl (C=O) groups is 1. The van der Waals surface area contributed by atoms with Gasteiger partial charge in [0.1, 0.15) is 0 Å². The highest BCUT2D eigenvalue weighted by Gasteiger charge is 2.22. The predicted octanol–water partition coefficient (Wildman–Crippen LogP) is 3.00. The van der Waals surface area contributed by atoms with Gasteiger partial charge in [-0.3, -0.25) is 0 Å². The lowest BCUT2D eigenvalue weighted by Crippen LogP contribution is -2.46. The number of benzene rings is 1. The number of thioether (sulfide) groups is 1. The van der Waals surface area contributed by atoms with Gasteiger partial charge in [0.2, 0.25) is 0 Å².